The molecule has 0 bridgehead atoms. The van der Waals surface area contributed by atoms with Crippen LogP contribution in [0.25, 0.3) is 0 Å². The molecule has 0 aliphatic carbocycles. The van der Waals surface area contributed by atoms with Crippen molar-refractivity contribution in [1.82, 2.24) is 4.98 Å². The summed E-state index contributed by atoms with van der Waals surface area (Å²) in [6.45, 7) is 4.02. The van der Waals surface area contributed by atoms with Crippen LogP contribution in [0, 0.1) is 13.8 Å². The molecule has 2 rings (SSSR count). The summed E-state index contributed by atoms with van der Waals surface area (Å²) in [5.74, 6) is 0.865. The van der Waals surface area contributed by atoms with Crippen molar-refractivity contribution in [1.29, 1.82) is 0 Å². The molecule has 1 heterocycles. The van der Waals surface area contributed by atoms with Gasteiger partial charge in [-0.1, -0.05) is 17.7 Å². The summed E-state index contributed by atoms with van der Waals surface area (Å²) < 4.78 is 0. The molecule has 0 radical (unpaired) electrons. The first-order valence-corrected chi connectivity index (χ1v) is 5.84. The highest BCUT2D eigenvalue weighted by atomic mass is 16.1. The molecule has 3 nitrogen and oxygen atoms in total. The van der Waals surface area contributed by atoms with E-state index in [2.05, 4.69) is 36.2 Å². The topological polar surface area (TPSA) is 33.2 Å². The maximum atomic E-state index is 10.7. The van der Waals surface area contributed by atoms with E-state index in [-0.39, 0.29) is 0 Å². The largest absolute Gasteiger partial charge is 0.329 e. The fourth-order valence-corrected chi connectivity index (χ4v) is 1.90. The molecule has 0 aliphatic heterocycles. The number of hydrogen-bond donors (Lipinski definition) is 0. The molecule has 0 atom stereocenters. The standard InChI is InChI=1S/C15H16N2O/c1-11-4-6-14(7-5-11)17(3)15-12(2)8-13(10-18)9-16-15/h4-10H,1-3H3. The number of carbonyl (C=O) groups excluding carboxylic acids is 1. The number of aromatic nitrogens is 1. The summed E-state index contributed by atoms with van der Waals surface area (Å²) in [6.07, 6.45) is 2.41. The van der Waals surface area contributed by atoms with Crippen LogP contribution in [0.3, 0.4) is 0 Å². The van der Waals surface area contributed by atoms with E-state index >= 15 is 0 Å². The maximum absolute atomic E-state index is 10.7. The van der Waals surface area contributed by atoms with Crippen LogP contribution >= 0.6 is 0 Å². The SMILES string of the molecule is Cc1ccc(N(C)c2ncc(C=O)cc2C)cc1. The van der Waals surface area contributed by atoms with Gasteiger partial charge in [0, 0.05) is 24.5 Å². The second-order valence-corrected chi connectivity index (χ2v) is 4.42. The summed E-state index contributed by atoms with van der Waals surface area (Å²) in [5.41, 5.74) is 3.90. The second-order valence-electron chi connectivity index (χ2n) is 4.42. The first kappa shape index (κ1) is 12.3. The van der Waals surface area contributed by atoms with Gasteiger partial charge in [-0.25, -0.2) is 4.98 Å². The Kier molecular flexibility index (Phi) is 3.42. The number of nitrogens with zero attached hydrogens (tertiary/aromatic N) is 2. The van der Waals surface area contributed by atoms with Gasteiger partial charge in [-0.15, -0.1) is 0 Å². The highest BCUT2D eigenvalue weighted by Gasteiger charge is 2.08. The third-order valence-electron chi connectivity index (χ3n) is 2.95. The first-order chi connectivity index (χ1) is 8.61. The summed E-state index contributed by atoms with van der Waals surface area (Å²) in [7, 11) is 1.97. The van der Waals surface area contributed by atoms with Crippen molar-refractivity contribution in [2.24, 2.45) is 0 Å². The van der Waals surface area contributed by atoms with Gasteiger partial charge in [-0.05, 0) is 37.6 Å². The van der Waals surface area contributed by atoms with Crippen LogP contribution in [0.2, 0.25) is 0 Å². The Balaban J connectivity index is 2.36. The Labute approximate surface area is 107 Å². The van der Waals surface area contributed by atoms with Crippen LogP contribution in [-0.2, 0) is 0 Å². The highest BCUT2D eigenvalue weighted by molar-refractivity contribution is 5.76. The molecule has 92 valence electrons. The van der Waals surface area contributed by atoms with Crippen molar-refractivity contribution < 1.29 is 4.79 Å². The lowest BCUT2D eigenvalue weighted by molar-refractivity contribution is 0.112. The van der Waals surface area contributed by atoms with Crippen LogP contribution in [0.4, 0.5) is 11.5 Å². The monoisotopic (exact) mass is 240 g/mol. The zero-order valence-corrected chi connectivity index (χ0v) is 10.8. The smallest absolute Gasteiger partial charge is 0.151 e. The summed E-state index contributed by atoms with van der Waals surface area (Å²) in [4.78, 5) is 17.1. The molecule has 0 unspecified atom stereocenters. The van der Waals surface area contributed by atoms with Crippen LogP contribution in [-0.4, -0.2) is 18.3 Å². The molecule has 0 fully saturated rings. The number of benzene rings is 1. The van der Waals surface area contributed by atoms with Crippen LogP contribution in [0.1, 0.15) is 21.5 Å². The van der Waals surface area contributed by atoms with Gasteiger partial charge in [-0.3, -0.25) is 4.79 Å². The Morgan fingerprint density at radius 3 is 2.39 bits per heavy atom. The average Bonchev–Trinajstić information content (AvgIpc) is 2.38. The van der Waals surface area contributed by atoms with E-state index in [1.165, 1.54) is 5.56 Å². The minimum absolute atomic E-state index is 0.605. The normalized spacial score (nSPS) is 10.2. The number of pyridine rings is 1. The van der Waals surface area contributed by atoms with E-state index in [1.54, 1.807) is 6.20 Å². The lowest BCUT2D eigenvalue weighted by Gasteiger charge is -2.20. The lowest BCUT2D eigenvalue weighted by Crippen LogP contribution is -2.12. The Hall–Kier alpha value is -2.16. The van der Waals surface area contributed by atoms with Gasteiger partial charge in [0.15, 0.2) is 6.29 Å². The van der Waals surface area contributed by atoms with Crippen molar-refractivity contribution in [2.75, 3.05) is 11.9 Å². The first-order valence-electron chi connectivity index (χ1n) is 5.84. The Morgan fingerprint density at radius 1 is 1.17 bits per heavy atom. The number of anilines is 2. The van der Waals surface area contributed by atoms with E-state index in [1.807, 2.05) is 24.9 Å². The van der Waals surface area contributed by atoms with Gasteiger partial charge in [-0.2, -0.15) is 0 Å². The number of aryl methyl sites for hydroxylation is 2. The summed E-state index contributed by atoms with van der Waals surface area (Å²) in [6, 6.07) is 10.1. The van der Waals surface area contributed by atoms with E-state index < -0.39 is 0 Å². The molecule has 3 heteroatoms. The Morgan fingerprint density at radius 2 is 1.83 bits per heavy atom. The molecule has 1 aromatic heterocycles. The molecule has 2 aromatic rings. The number of carbonyl (C=O) groups is 1. The van der Waals surface area contributed by atoms with E-state index in [0.717, 1.165) is 23.4 Å². The van der Waals surface area contributed by atoms with Gasteiger partial charge in [0.2, 0.25) is 0 Å². The highest BCUT2D eigenvalue weighted by Crippen LogP contribution is 2.24. The zero-order chi connectivity index (χ0) is 13.1. The predicted molar refractivity (Wildman–Crippen MR) is 73.6 cm³/mol. The predicted octanol–water partition coefficient (Wildman–Crippen LogP) is 3.28. The quantitative estimate of drug-likeness (QED) is 0.772. The fourth-order valence-electron chi connectivity index (χ4n) is 1.90. The minimum Gasteiger partial charge on any atom is -0.329 e. The molecule has 0 spiro atoms. The Bertz CT molecular complexity index is 561. The zero-order valence-electron chi connectivity index (χ0n) is 10.8. The van der Waals surface area contributed by atoms with Gasteiger partial charge in [0.25, 0.3) is 0 Å². The average molecular weight is 240 g/mol. The molecule has 18 heavy (non-hydrogen) atoms. The van der Waals surface area contributed by atoms with Crippen molar-refractivity contribution in [2.45, 2.75) is 13.8 Å². The van der Waals surface area contributed by atoms with Gasteiger partial charge in [0.1, 0.15) is 5.82 Å². The van der Waals surface area contributed by atoms with Gasteiger partial charge in [0.05, 0.1) is 0 Å². The van der Waals surface area contributed by atoms with Crippen LogP contribution in [0.15, 0.2) is 36.5 Å². The fraction of sp³-hybridized carbons (Fsp3) is 0.200. The molecular formula is C15H16N2O. The summed E-state index contributed by atoms with van der Waals surface area (Å²) in [5, 5.41) is 0. The number of rotatable bonds is 3. The van der Waals surface area contributed by atoms with Crippen molar-refractivity contribution >= 4 is 17.8 Å². The molecule has 0 N–H and O–H groups in total. The number of aldehydes is 1. The van der Waals surface area contributed by atoms with E-state index in [4.69, 9.17) is 0 Å². The summed E-state index contributed by atoms with van der Waals surface area (Å²) >= 11 is 0. The lowest BCUT2D eigenvalue weighted by atomic mass is 10.2. The molecule has 0 amide bonds. The molecule has 0 aliphatic rings. The van der Waals surface area contributed by atoms with E-state index in [9.17, 15) is 4.79 Å². The number of hydrogen-bond acceptors (Lipinski definition) is 3. The van der Waals surface area contributed by atoms with Crippen LogP contribution < -0.4 is 4.90 Å². The van der Waals surface area contributed by atoms with E-state index in [0.29, 0.717) is 5.56 Å². The van der Waals surface area contributed by atoms with Crippen molar-refractivity contribution in [3.63, 3.8) is 0 Å². The third kappa shape index (κ3) is 2.40. The van der Waals surface area contributed by atoms with Crippen molar-refractivity contribution in [3.8, 4) is 0 Å². The molecule has 0 saturated heterocycles. The van der Waals surface area contributed by atoms with Gasteiger partial charge < -0.3 is 4.90 Å². The third-order valence-corrected chi connectivity index (χ3v) is 2.95. The minimum atomic E-state index is 0.605. The van der Waals surface area contributed by atoms with Gasteiger partial charge >= 0.3 is 0 Å². The maximum Gasteiger partial charge on any atom is 0.151 e. The van der Waals surface area contributed by atoms with Crippen LogP contribution in [0.5, 0.6) is 0 Å². The van der Waals surface area contributed by atoms with Crippen molar-refractivity contribution in [3.05, 3.63) is 53.2 Å². The molecular weight excluding hydrogens is 224 g/mol. The molecule has 0 saturated carbocycles. The second kappa shape index (κ2) is 5.00. The molecule has 1 aromatic carbocycles.